The first-order valence-electron chi connectivity index (χ1n) is 8.51. The minimum Gasteiger partial charge on any atom is -0.309 e. The summed E-state index contributed by atoms with van der Waals surface area (Å²) in [4.78, 5) is 2.88. The zero-order chi connectivity index (χ0) is 13.9. The van der Waals surface area contributed by atoms with Crippen LogP contribution >= 0.6 is 0 Å². The normalized spacial score (nSPS) is 27.0. The van der Waals surface area contributed by atoms with Gasteiger partial charge in [-0.15, -0.1) is 0 Å². The molecule has 2 fully saturated rings. The molecule has 0 aromatic heterocycles. The van der Waals surface area contributed by atoms with Crippen molar-refractivity contribution >= 4 is 0 Å². The minimum atomic E-state index is 0.286. The van der Waals surface area contributed by atoms with Gasteiger partial charge in [-0.25, -0.2) is 0 Å². The average molecular weight is 266 g/mol. The van der Waals surface area contributed by atoms with Crippen molar-refractivity contribution in [1.29, 1.82) is 0 Å². The molecule has 0 unspecified atom stereocenters. The number of hydrogen-bond acceptors (Lipinski definition) is 2. The van der Waals surface area contributed by atoms with Gasteiger partial charge in [-0.05, 0) is 32.6 Å². The number of nitrogens with zero attached hydrogens (tertiary/aromatic N) is 1. The van der Waals surface area contributed by atoms with Crippen LogP contribution in [-0.2, 0) is 0 Å². The molecule has 1 saturated heterocycles. The third kappa shape index (κ3) is 3.52. The maximum atomic E-state index is 3.82. The summed E-state index contributed by atoms with van der Waals surface area (Å²) in [6.07, 6.45) is 9.80. The van der Waals surface area contributed by atoms with Crippen molar-refractivity contribution < 1.29 is 0 Å². The summed E-state index contributed by atoms with van der Waals surface area (Å²) < 4.78 is 0. The number of rotatable bonds is 4. The molecule has 1 saturated carbocycles. The van der Waals surface area contributed by atoms with Crippen LogP contribution in [0.15, 0.2) is 0 Å². The molecule has 1 N–H and O–H groups in total. The Kier molecular flexibility index (Phi) is 4.94. The van der Waals surface area contributed by atoms with Gasteiger partial charge in [0, 0.05) is 30.7 Å². The summed E-state index contributed by atoms with van der Waals surface area (Å²) in [5.41, 5.74) is 0.769. The molecule has 0 bridgehead atoms. The molecule has 19 heavy (non-hydrogen) atoms. The van der Waals surface area contributed by atoms with Crippen LogP contribution in [0.25, 0.3) is 0 Å². The van der Waals surface area contributed by atoms with E-state index in [0.717, 1.165) is 5.92 Å². The van der Waals surface area contributed by atoms with Gasteiger partial charge in [-0.3, -0.25) is 4.90 Å². The van der Waals surface area contributed by atoms with Gasteiger partial charge in [0.1, 0.15) is 0 Å². The minimum absolute atomic E-state index is 0.286. The molecule has 2 nitrogen and oxygen atoms in total. The lowest BCUT2D eigenvalue weighted by Crippen LogP contribution is -2.69. The Morgan fingerprint density at radius 1 is 1.05 bits per heavy atom. The Bertz CT molecular complexity index is 275. The van der Waals surface area contributed by atoms with E-state index >= 15 is 0 Å². The molecule has 0 atom stereocenters. The highest BCUT2D eigenvalue weighted by Crippen LogP contribution is 2.37. The largest absolute Gasteiger partial charge is 0.309 e. The van der Waals surface area contributed by atoms with Crippen molar-refractivity contribution in [1.82, 2.24) is 10.2 Å². The Morgan fingerprint density at radius 3 is 2.26 bits per heavy atom. The van der Waals surface area contributed by atoms with Gasteiger partial charge >= 0.3 is 0 Å². The fraction of sp³-hybridized carbons (Fsp3) is 1.00. The van der Waals surface area contributed by atoms with Crippen LogP contribution < -0.4 is 5.32 Å². The van der Waals surface area contributed by atoms with Crippen LogP contribution in [0.3, 0.4) is 0 Å². The van der Waals surface area contributed by atoms with Crippen LogP contribution in [0, 0.1) is 5.92 Å². The maximum absolute atomic E-state index is 3.82. The SMILES string of the molecule is CCC(CC)CN1CC(C)(C)NCC12CCCCC2. The highest BCUT2D eigenvalue weighted by molar-refractivity contribution is 5.03. The number of piperazine rings is 1. The van der Waals surface area contributed by atoms with Gasteiger partial charge in [0.15, 0.2) is 0 Å². The van der Waals surface area contributed by atoms with E-state index in [1.54, 1.807) is 0 Å². The van der Waals surface area contributed by atoms with Gasteiger partial charge in [0.05, 0.1) is 0 Å². The summed E-state index contributed by atoms with van der Waals surface area (Å²) in [5.74, 6) is 0.882. The quantitative estimate of drug-likeness (QED) is 0.832. The molecular weight excluding hydrogens is 232 g/mol. The van der Waals surface area contributed by atoms with E-state index in [9.17, 15) is 0 Å². The van der Waals surface area contributed by atoms with Gasteiger partial charge in [0.25, 0.3) is 0 Å². The monoisotopic (exact) mass is 266 g/mol. The molecular formula is C17H34N2. The molecule has 0 aromatic carbocycles. The molecule has 1 spiro atoms. The zero-order valence-corrected chi connectivity index (χ0v) is 13.6. The van der Waals surface area contributed by atoms with Crippen molar-refractivity contribution in [3.05, 3.63) is 0 Å². The second-order valence-corrected chi connectivity index (χ2v) is 7.59. The number of nitrogens with one attached hydrogen (secondary N) is 1. The highest BCUT2D eigenvalue weighted by atomic mass is 15.3. The lowest BCUT2D eigenvalue weighted by atomic mass is 9.76. The lowest BCUT2D eigenvalue weighted by molar-refractivity contribution is -0.0205. The molecule has 112 valence electrons. The fourth-order valence-electron chi connectivity index (χ4n) is 4.04. The van der Waals surface area contributed by atoms with Crippen LogP contribution in [0.4, 0.5) is 0 Å². The van der Waals surface area contributed by atoms with Crippen LogP contribution in [0.1, 0.15) is 72.6 Å². The highest BCUT2D eigenvalue weighted by Gasteiger charge is 2.44. The first-order chi connectivity index (χ1) is 9.01. The molecule has 0 amide bonds. The molecule has 1 aliphatic carbocycles. The van der Waals surface area contributed by atoms with Crippen molar-refractivity contribution in [2.75, 3.05) is 19.6 Å². The molecule has 0 radical (unpaired) electrons. The van der Waals surface area contributed by atoms with Crippen LogP contribution in [0.2, 0.25) is 0 Å². The Balaban J connectivity index is 2.11. The third-order valence-corrected chi connectivity index (χ3v) is 5.57. The first-order valence-corrected chi connectivity index (χ1v) is 8.51. The summed E-state index contributed by atoms with van der Waals surface area (Å²) >= 11 is 0. The van der Waals surface area contributed by atoms with E-state index in [4.69, 9.17) is 0 Å². The van der Waals surface area contributed by atoms with Crippen molar-refractivity contribution in [3.63, 3.8) is 0 Å². The predicted octanol–water partition coefficient (Wildman–Crippen LogP) is 3.81. The maximum Gasteiger partial charge on any atom is 0.0335 e. The Hall–Kier alpha value is -0.0800. The van der Waals surface area contributed by atoms with E-state index in [-0.39, 0.29) is 5.54 Å². The first kappa shape index (κ1) is 15.3. The van der Waals surface area contributed by atoms with Crippen molar-refractivity contribution in [3.8, 4) is 0 Å². The summed E-state index contributed by atoms with van der Waals surface area (Å²) in [7, 11) is 0. The number of hydrogen-bond donors (Lipinski definition) is 1. The summed E-state index contributed by atoms with van der Waals surface area (Å²) in [6.45, 7) is 13.2. The second kappa shape index (κ2) is 6.13. The van der Waals surface area contributed by atoms with Gasteiger partial charge in [0.2, 0.25) is 0 Å². The van der Waals surface area contributed by atoms with Crippen molar-refractivity contribution in [2.24, 2.45) is 5.92 Å². The molecule has 1 heterocycles. The molecule has 1 aliphatic heterocycles. The van der Waals surface area contributed by atoms with Crippen LogP contribution in [-0.4, -0.2) is 35.6 Å². The fourth-order valence-corrected chi connectivity index (χ4v) is 4.04. The van der Waals surface area contributed by atoms with E-state index in [0.29, 0.717) is 5.54 Å². The van der Waals surface area contributed by atoms with E-state index < -0.39 is 0 Å². The zero-order valence-electron chi connectivity index (χ0n) is 13.6. The van der Waals surface area contributed by atoms with Gasteiger partial charge in [-0.1, -0.05) is 46.0 Å². The standard InChI is InChI=1S/C17H34N2/c1-5-15(6-2)12-19-14-16(3,4)18-13-17(19)10-8-7-9-11-17/h15,18H,5-14H2,1-4H3. The Labute approximate surface area is 120 Å². The summed E-state index contributed by atoms with van der Waals surface area (Å²) in [6, 6.07) is 0. The third-order valence-electron chi connectivity index (χ3n) is 5.57. The molecule has 2 aliphatic rings. The molecule has 2 heteroatoms. The lowest BCUT2D eigenvalue weighted by Gasteiger charge is -2.55. The van der Waals surface area contributed by atoms with E-state index in [1.165, 1.54) is 64.6 Å². The van der Waals surface area contributed by atoms with Gasteiger partial charge in [-0.2, -0.15) is 0 Å². The van der Waals surface area contributed by atoms with E-state index in [1.807, 2.05) is 0 Å². The van der Waals surface area contributed by atoms with Crippen molar-refractivity contribution in [2.45, 2.75) is 83.7 Å². The Morgan fingerprint density at radius 2 is 1.68 bits per heavy atom. The smallest absolute Gasteiger partial charge is 0.0335 e. The van der Waals surface area contributed by atoms with E-state index in [2.05, 4.69) is 37.9 Å². The molecule has 2 rings (SSSR count). The van der Waals surface area contributed by atoms with Gasteiger partial charge < -0.3 is 5.32 Å². The average Bonchev–Trinajstić information content (AvgIpc) is 2.41. The molecule has 0 aromatic rings. The van der Waals surface area contributed by atoms with Crippen LogP contribution in [0.5, 0.6) is 0 Å². The predicted molar refractivity (Wildman–Crippen MR) is 83.5 cm³/mol. The topological polar surface area (TPSA) is 15.3 Å². The second-order valence-electron chi connectivity index (χ2n) is 7.59. The summed E-state index contributed by atoms with van der Waals surface area (Å²) in [5, 5.41) is 3.82.